The molecule has 3 rings (SSSR count). The smallest absolute Gasteiger partial charge is 0.225 e. The lowest BCUT2D eigenvalue weighted by molar-refractivity contribution is 1.04. The third-order valence-corrected chi connectivity index (χ3v) is 3.77. The molecule has 0 radical (unpaired) electrons. The summed E-state index contributed by atoms with van der Waals surface area (Å²) in [7, 11) is 0. The first-order chi connectivity index (χ1) is 9.76. The van der Waals surface area contributed by atoms with E-state index in [2.05, 4.69) is 50.4 Å². The minimum Gasteiger partial charge on any atom is -0.354 e. The van der Waals surface area contributed by atoms with Crippen molar-refractivity contribution in [1.29, 1.82) is 0 Å². The van der Waals surface area contributed by atoms with Gasteiger partial charge in [0.25, 0.3) is 0 Å². The molecule has 0 spiro atoms. The van der Waals surface area contributed by atoms with E-state index in [1.807, 2.05) is 13.0 Å². The molecule has 2 N–H and O–H groups in total. The first-order valence-electron chi connectivity index (χ1n) is 6.46. The maximum absolute atomic E-state index is 4.56. The molecule has 0 aliphatic heterocycles. The van der Waals surface area contributed by atoms with Crippen molar-refractivity contribution in [2.75, 3.05) is 11.9 Å². The third-order valence-electron chi connectivity index (χ3n) is 2.79. The summed E-state index contributed by atoms with van der Waals surface area (Å²) < 4.78 is 0. The molecule has 0 bridgehead atoms. The summed E-state index contributed by atoms with van der Waals surface area (Å²) in [5.41, 5.74) is 2.79. The number of benzene rings is 1. The summed E-state index contributed by atoms with van der Waals surface area (Å²) in [6.45, 7) is 4.88. The number of aryl methyl sites for hydroxylation is 1. The van der Waals surface area contributed by atoms with Crippen molar-refractivity contribution in [1.82, 2.24) is 19.9 Å². The molecule has 20 heavy (non-hydrogen) atoms. The summed E-state index contributed by atoms with van der Waals surface area (Å²) in [6, 6.07) is 8.35. The maximum atomic E-state index is 4.56. The van der Waals surface area contributed by atoms with Gasteiger partial charge >= 0.3 is 0 Å². The van der Waals surface area contributed by atoms with Crippen LogP contribution in [-0.2, 0) is 0 Å². The van der Waals surface area contributed by atoms with E-state index in [9.17, 15) is 0 Å². The van der Waals surface area contributed by atoms with E-state index in [4.69, 9.17) is 0 Å². The molecule has 0 atom stereocenters. The molecular weight excluding hydrogens is 270 g/mol. The van der Waals surface area contributed by atoms with Crippen LogP contribution in [0.2, 0.25) is 0 Å². The van der Waals surface area contributed by atoms with Gasteiger partial charge in [0.15, 0.2) is 5.65 Å². The molecule has 1 aromatic carbocycles. The number of imidazole rings is 1. The SMILES string of the molecule is CCNc1nc(Sc2cccc(C)c2)c2[nH]cnc2n1. The van der Waals surface area contributed by atoms with Crippen molar-refractivity contribution in [3.8, 4) is 0 Å². The van der Waals surface area contributed by atoms with Gasteiger partial charge in [-0.15, -0.1) is 0 Å². The molecule has 102 valence electrons. The van der Waals surface area contributed by atoms with Gasteiger partial charge in [0.05, 0.1) is 6.33 Å². The van der Waals surface area contributed by atoms with Crippen LogP contribution in [0.4, 0.5) is 5.95 Å². The minimum atomic E-state index is 0.613. The molecule has 6 heteroatoms. The zero-order valence-electron chi connectivity index (χ0n) is 11.3. The minimum absolute atomic E-state index is 0.613. The van der Waals surface area contributed by atoms with Crippen LogP contribution in [0.3, 0.4) is 0 Å². The van der Waals surface area contributed by atoms with Crippen molar-refractivity contribution < 1.29 is 0 Å². The Morgan fingerprint density at radius 3 is 3.00 bits per heavy atom. The summed E-state index contributed by atoms with van der Waals surface area (Å²) >= 11 is 1.61. The average molecular weight is 285 g/mol. The van der Waals surface area contributed by atoms with Gasteiger partial charge in [0, 0.05) is 11.4 Å². The van der Waals surface area contributed by atoms with Gasteiger partial charge in [0.2, 0.25) is 5.95 Å². The molecule has 2 aromatic heterocycles. The van der Waals surface area contributed by atoms with Gasteiger partial charge in [-0.3, -0.25) is 0 Å². The van der Waals surface area contributed by atoms with E-state index in [0.717, 1.165) is 22.0 Å². The van der Waals surface area contributed by atoms with Crippen LogP contribution in [0.25, 0.3) is 11.2 Å². The Hall–Kier alpha value is -2.08. The number of aromatic nitrogens is 4. The Balaban J connectivity index is 2.02. The molecule has 2 heterocycles. The number of H-pyrrole nitrogens is 1. The van der Waals surface area contributed by atoms with Gasteiger partial charge in [-0.25, -0.2) is 9.97 Å². The van der Waals surface area contributed by atoms with E-state index in [0.29, 0.717) is 11.6 Å². The second-order valence-electron chi connectivity index (χ2n) is 4.40. The molecule has 0 aliphatic rings. The van der Waals surface area contributed by atoms with Crippen LogP contribution >= 0.6 is 11.8 Å². The molecule has 5 nitrogen and oxygen atoms in total. The van der Waals surface area contributed by atoms with Crippen molar-refractivity contribution in [3.05, 3.63) is 36.2 Å². The number of rotatable bonds is 4. The zero-order valence-corrected chi connectivity index (χ0v) is 12.2. The molecular formula is C14H15N5S. The topological polar surface area (TPSA) is 66.5 Å². The van der Waals surface area contributed by atoms with E-state index >= 15 is 0 Å². The normalized spacial score (nSPS) is 10.9. The number of nitrogens with zero attached hydrogens (tertiary/aromatic N) is 3. The van der Waals surface area contributed by atoms with Crippen LogP contribution in [0.1, 0.15) is 12.5 Å². The van der Waals surface area contributed by atoms with E-state index in [-0.39, 0.29) is 0 Å². The Labute approximate surface area is 121 Å². The van der Waals surface area contributed by atoms with E-state index in [1.54, 1.807) is 18.1 Å². The molecule has 0 unspecified atom stereocenters. The second kappa shape index (κ2) is 5.50. The first kappa shape index (κ1) is 12.9. The Kier molecular flexibility index (Phi) is 3.56. The van der Waals surface area contributed by atoms with Crippen molar-refractivity contribution in [3.63, 3.8) is 0 Å². The van der Waals surface area contributed by atoms with Gasteiger partial charge < -0.3 is 10.3 Å². The fraction of sp³-hybridized carbons (Fsp3) is 0.214. The Morgan fingerprint density at radius 1 is 1.30 bits per heavy atom. The Morgan fingerprint density at radius 2 is 2.20 bits per heavy atom. The fourth-order valence-electron chi connectivity index (χ4n) is 1.91. The number of aromatic amines is 1. The number of fused-ring (bicyclic) bond motifs is 1. The van der Waals surface area contributed by atoms with Crippen LogP contribution in [0, 0.1) is 6.92 Å². The lowest BCUT2D eigenvalue weighted by Crippen LogP contribution is -2.03. The second-order valence-corrected chi connectivity index (χ2v) is 5.46. The molecule has 0 aliphatic carbocycles. The predicted octanol–water partition coefficient (Wildman–Crippen LogP) is 3.24. The summed E-state index contributed by atoms with van der Waals surface area (Å²) in [6.07, 6.45) is 1.65. The fourth-order valence-corrected chi connectivity index (χ4v) is 2.91. The first-order valence-corrected chi connectivity index (χ1v) is 7.27. The predicted molar refractivity (Wildman–Crippen MR) is 81.1 cm³/mol. The van der Waals surface area contributed by atoms with Crippen molar-refractivity contribution >= 4 is 28.9 Å². The molecule has 0 amide bonds. The van der Waals surface area contributed by atoms with Crippen LogP contribution in [0.15, 0.2) is 40.5 Å². The van der Waals surface area contributed by atoms with Crippen LogP contribution in [0.5, 0.6) is 0 Å². The maximum Gasteiger partial charge on any atom is 0.225 e. The zero-order chi connectivity index (χ0) is 13.9. The monoisotopic (exact) mass is 285 g/mol. The van der Waals surface area contributed by atoms with Gasteiger partial charge in [-0.05, 0) is 26.0 Å². The summed E-state index contributed by atoms with van der Waals surface area (Å²) in [5.74, 6) is 0.613. The molecule has 0 saturated carbocycles. The third kappa shape index (κ3) is 2.60. The summed E-state index contributed by atoms with van der Waals surface area (Å²) in [5, 5.41) is 4.02. The number of hydrogen-bond donors (Lipinski definition) is 2. The number of nitrogens with one attached hydrogen (secondary N) is 2. The van der Waals surface area contributed by atoms with Gasteiger partial charge in [-0.2, -0.15) is 4.98 Å². The van der Waals surface area contributed by atoms with E-state index < -0.39 is 0 Å². The van der Waals surface area contributed by atoms with Crippen LogP contribution < -0.4 is 5.32 Å². The average Bonchev–Trinajstić information content (AvgIpc) is 2.87. The van der Waals surface area contributed by atoms with Gasteiger partial charge in [-0.1, -0.05) is 29.5 Å². The highest BCUT2D eigenvalue weighted by Crippen LogP contribution is 2.31. The standard InChI is InChI=1S/C14H15N5S/c1-3-15-14-18-12-11(16-8-17-12)13(19-14)20-10-6-4-5-9(2)7-10/h4-8H,3H2,1-2H3,(H2,15,16,17,18,19). The van der Waals surface area contributed by atoms with E-state index in [1.165, 1.54) is 5.56 Å². The highest BCUT2D eigenvalue weighted by molar-refractivity contribution is 7.99. The molecule has 3 aromatic rings. The highest BCUT2D eigenvalue weighted by Gasteiger charge is 2.11. The summed E-state index contributed by atoms with van der Waals surface area (Å²) in [4.78, 5) is 17.4. The molecule has 0 saturated heterocycles. The lowest BCUT2D eigenvalue weighted by atomic mass is 10.2. The number of hydrogen-bond acceptors (Lipinski definition) is 5. The quantitative estimate of drug-likeness (QED) is 0.720. The lowest BCUT2D eigenvalue weighted by Gasteiger charge is -2.06. The Bertz CT molecular complexity index is 737. The highest BCUT2D eigenvalue weighted by atomic mass is 32.2. The van der Waals surface area contributed by atoms with Gasteiger partial charge in [0.1, 0.15) is 10.5 Å². The van der Waals surface area contributed by atoms with Crippen LogP contribution in [-0.4, -0.2) is 26.5 Å². The molecule has 0 fully saturated rings. The largest absolute Gasteiger partial charge is 0.354 e. The van der Waals surface area contributed by atoms with Crippen molar-refractivity contribution in [2.45, 2.75) is 23.8 Å². The number of anilines is 1. The van der Waals surface area contributed by atoms with Crippen molar-refractivity contribution in [2.24, 2.45) is 0 Å².